The van der Waals surface area contributed by atoms with Gasteiger partial charge in [-0.1, -0.05) is 12.1 Å². The Balaban J connectivity index is 1.34. The summed E-state index contributed by atoms with van der Waals surface area (Å²) in [6, 6.07) is -0.207. The van der Waals surface area contributed by atoms with E-state index < -0.39 is 6.10 Å². The van der Waals surface area contributed by atoms with Crippen molar-refractivity contribution in [3.8, 4) is 0 Å². The van der Waals surface area contributed by atoms with Crippen molar-refractivity contribution in [3.63, 3.8) is 0 Å². The zero-order chi connectivity index (χ0) is 19.7. The molecule has 0 radical (unpaired) electrons. The van der Waals surface area contributed by atoms with Gasteiger partial charge < -0.3 is 10.4 Å². The second kappa shape index (κ2) is 8.26. The number of amides is 1. The molecule has 152 valence electrons. The van der Waals surface area contributed by atoms with Gasteiger partial charge in [0.05, 0.1) is 22.8 Å². The Bertz CT molecular complexity index is 821. The SMILES string of the molecule is CCCc1nc(C(=O)N[C@H]2C[C@H]3CN(Cc4cn(C)nn4)C[C@H]3C[C@@H]2O)cs1. The fraction of sp³-hybridized carbons (Fsp3) is 0.684. The number of likely N-dealkylation sites (tertiary alicyclic amines) is 1. The number of aromatic nitrogens is 4. The Morgan fingerprint density at radius 1 is 1.36 bits per heavy atom. The second-order valence-electron chi connectivity index (χ2n) is 8.09. The summed E-state index contributed by atoms with van der Waals surface area (Å²) < 4.78 is 1.72. The molecule has 2 aliphatic rings. The van der Waals surface area contributed by atoms with Gasteiger partial charge >= 0.3 is 0 Å². The summed E-state index contributed by atoms with van der Waals surface area (Å²) in [5.41, 5.74) is 1.44. The van der Waals surface area contributed by atoms with E-state index in [0.717, 1.165) is 56.0 Å². The summed E-state index contributed by atoms with van der Waals surface area (Å²) in [6.07, 6.45) is 4.89. The molecule has 1 saturated carbocycles. The number of hydrogen-bond donors (Lipinski definition) is 2. The van der Waals surface area contributed by atoms with Crippen molar-refractivity contribution < 1.29 is 9.90 Å². The minimum Gasteiger partial charge on any atom is -0.391 e. The van der Waals surface area contributed by atoms with Crippen molar-refractivity contribution >= 4 is 17.2 Å². The molecule has 1 saturated heterocycles. The van der Waals surface area contributed by atoms with E-state index in [4.69, 9.17) is 0 Å². The summed E-state index contributed by atoms with van der Waals surface area (Å²) >= 11 is 1.53. The lowest BCUT2D eigenvalue weighted by molar-refractivity contribution is 0.0460. The second-order valence-corrected chi connectivity index (χ2v) is 9.04. The molecule has 1 amide bonds. The largest absolute Gasteiger partial charge is 0.391 e. The first-order chi connectivity index (χ1) is 13.5. The molecule has 4 rings (SSSR count). The number of nitrogens with zero attached hydrogens (tertiary/aromatic N) is 5. The highest BCUT2D eigenvalue weighted by Crippen LogP contribution is 2.37. The topological polar surface area (TPSA) is 96.2 Å². The third-order valence-electron chi connectivity index (χ3n) is 5.82. The molecule has 2 aromatic rings. The monoisotopic (exact) mass is 404 g/mol. The molecule has 8 nitrogen and oxygen atoms in total. The first kappa shape index (κ1) is 19.5. The number of rotatable bonds is 6. The molecule has 28 heavy (non-hydrogen) atoms. The Morgan fingerprint density at radius 3 is 2.86 bits per heavy atom. The number of carbonyl (C=O) groups is 1. The summed E-state index contributed by atoms with van der Waals surface area (Å²) in [5, 5.41) is 24.6. The summed E-state index contributed by atoms with van der Waals surface area (Å²) in [7, 11) is 1.87. The summed E-state index contributed by atoms with van der Waals surface area (Å²) in [6.45, 7) is 4.82. The highest BCUT2D eigenvalue weighted by Gasteiger charge is 2.42. The van der Waals surface area contributed by atoms with E-state index in [9.17, 15) is 9.90 Å². The van der Waals surface area contributed by atoms with Crippen LogP contribution >= 0.6 is 11.3 Å². The van der Waals surface area contributed by atoms with Gasteiger partial charge in [0.25, 0.3) is 5.91 Å². The minimum atomic E-state index is -0.504. The molecule has 2 aromatic heterocycles. The minimum absolute atomic E-state index is 0.171. The lowest BCUT2D eigenvalue weighted by Crippen LogP contribution is -2.49. The smallest absolute Gasteiger partial charge is 0.271 e. The van der Waals surface area contributed by atoms with Crippen LogP contribution in [0.2, 0.25) is 0 Å². The molecule has 1 aliphatic heterocycles. The van der Waals surface area contributed by atoms with Gasteiger partial charge in [0, 0.05) is 38.3 Å². The first-order valence-corrected chi connectivity index (χ1v) is 10.9. The van der Waals surface area contributed by atoms with Crippen LogP contribution in [-0.2, 0) is 20.0 Å². The van der Waals surface area contributed by atoms with Crippen LogP contribution in [0.3, 0.4) is 0 Å². The summed E-state index contributed by atoms with van der Waals surface area (Å²) in [5.74, 6) is 0.780. The number of nitrogens with one attached hydrogen (secondary N) is 1. The Kier molecular flexibility index (Phi) is 5.75. The van der Waals surface area contributed by atoms with E-state index in [2.05, 4.69) is 32.4 Å². The van der Waals surface area contributed by atoms with E-state index in [0.29, 0.717) is 17.5 Å². The highest BCUT2D eigenvalue weighted by atomic mass is 32.1. The van der Waals surface area contributed by atoms with Crippen LogP contribution in [0, 0.1) is 11.8 Å². The molecule has 0 spiro atoms. The van der Waals surface area contributed by atoms with Crippen LogP contribution in [0.5, 0.6) is 0 Å². The average molecular weight is 405 g/mol. The molecule has 0 unspecified atom stereocenters. The average Bonchev–Trinajstić information content (AvgIpc) is 3.36. The number of fused-ring (bicyclic) bond motifs is 1. The molecule has 0 aromatic carbocycles. The van der Waals surface area contributed by atoms with Gasteiger partial charge in [0.1, 0.15) is 5.69 Å². The first-order valence-electron chi connectivity index (χ1n) is 10.0. The van der Waals surface area contributed by atoms with Crippen molar-refractivity contribution in [1.29, 1.82) is 0 Å². The Hall–Kier alpha value is -1.84. The van der Waals surface area contributed by atoms with Crippen LogP contribution < -0.4 is 5.32 Å². The fourth-order valence-corrected chi connectivity index (χ4v) is 5.38. The molecule has 9 heteroatoms. The maximum absolute atomic E-state index is 12.6. The van der Waals surface area contributed by atoms with Crippen LogP contribution in [0.25, 0.3) is 0 Å². The van der Waals surface area contributed by atoms with Gasteiger partial charge in [-0.2, -0.15) is 0 Å². The predicted octanol–water partition coefficient (Wildman–Crippen LogP) is 1.23. The third-order valence-corrected chi connectivity index (χ3v) is 6.73. The van der Waals surface area contributed by atoms with E-state index in [1.54, 1.807) is 4.68 Å². The molecule has 1 aliphatic carbocycles. The number of carbonyl (C=O) groups excluding carboxylic acids is 1. The Labute approximate surface area is 169 Å². The van der Waals surface area contributed by atoms with Gasteiger partial charge in [-0.15, -0.1) is 16.4 Å². The maximum Gasteiger partial charge on any atom is 0.271 e. The Morgan fingerprint density at radius 2 is 2.14 bits per heavy atom. The van der Waals surface area contributed by atoms with Crippen molar-refractivity contribution in [2.24, 2.45) is 18.9 Å². The maximum atomic E-state index is 12.6. The quantitative estimate of drug-likeness (QED) is 0.752. The normalized spacial score (nSPS) is 27.7. The lowest BCUT2D eigenvalue weighted by Gasteiger charge is -2.35. The molecular formula is C19H28N6O2S. The van der Waals surface area contributed by atoms with Crippen molar-refractivity contribution in [1.82, 2.24) is 30.2 Å². The number of aliphatic hydroxyl groups excluding tert-OH is 1. The van der Waals surface area contributed by atoms with Crippen molar-refractivity contribution in [2.75, 3.05) is 13.1 Å². The van der Waals surface area contributed by atoms with E-state index in [-0.39, 0.29) is 11.9 Å². The van der Waals surface area contributed by atoms with Crippen molar-refractivity contribution in [3.05, 3.63) is 28.0 Å². The highest BCUT2D eigenvalue weighted by molar-refractivity contribution is 7.09. The van der Waals surface area contributed by atoms with Crippen LogP contribution in [-0.4, -0.2) is 61.1 Å². The van der Waals surface area contributed by atoms with Gasteiger partial charge in [-0.25, -0.2) is 4.98 Å². The molecule has 2 fully saturated rings. The third kappa shape index (κ3) is 4.26. The fourth-order valence-electron chi connectivity index (χ4n) is 4.49. The van der Waals surface area contributed by atoms with Gasteiger partial charge in [-0.3, -0.25) is 14.4 Å². The molecule has 0 bridgehead atoms. The van der Waals surface area contributed by atoms with Crippen LogP contribution in [0.4, 0.5) is 0 Å². The van der Waals surface area contributed by atoms with Crippen LogP contribution in [0.1, 0.15) is 47.4 Å². The molecule has 2 N–H and O–H groups in total. The lowest BCUT2D eigenvalue weighted by atomic mass is 9.77. The predicted molar refractivity (Wildman–Crippen MR) is 106 cm³/mol. The van der Waals surface area contributed by atoms with Gasteiger partial charge in [-0.05, 0) is 37.5 Å². The van der Waals surface area contributed by atoms with E-state index in [1.165, 1.54) is 11.3 Å². The van der Waals surface area contributed by atoms with Gasteiger partial charge in [0.2, 0.25) is 0 Å². The zero-order valence-electron chi connectivity index (χ0n) is 16.4. The van der Waals surface area contributed by atoms with Gasteiger partial charge in [0.15, 0.2) is 0 Å². The van der Waals surface area contributed by atoms with E-state index >= 15 is 0 Å². The standard InChI is InChI=1S/C19H28N6O2S/c1-3-4-18-20-16(11-28-18)19(27)21-15-5-12-7-25(8-13(12)6-17(15)26)10-14-9-24(2)23-22-14/h9,11-13,15,17,26H,3-8,10H2,1-2H3,(H,21,27)/t12-,13+,15-,17-/m0/s1. The van der Waals surface area contributed by atoms with Crippen LogP contribution in [0.15, 0.2) is 11.6 Å². The summed E-state index contributed by atoms with van der Waals surface area (Å²) in [4.78, 5) is 19.4. The number of aryl methyl sites for hydroxylation is 2. The number of aliphatic hydroxyl groups is 1. The zero-order valence-corrected chi connectivity index (χ0v) is 17.2. The van der Waals surface area contributed by atoms with Crippen molar-refractivity contribution in [2.45, 2.75) is 51.3 Å². The van der Waals surface area contributed by atoms with E-state index in [1.807, 2.05) is 18.6 Å². The molecular weight excluding hydrogens is 376 g/mol. The number of hydrogen-bond acceptors (Lipinski definition) is 7. The number of thiazole rings is 1. The molecule has 3 heterocycles. The molecule has 4 atom stereocenters.